The molecule has 6 N–H and O–H groups in total. The normalized spacial score (nSPS) is 51.3. The van der Waals surface area contributed by atoms with E-state index in [2.05, 4.69) is 20.8 Å². The van der Waals surface area contributed by atoms with Gasteiger partial charge in [0.15, 0.2) is 12.4 Å². The van der Waals surface area contributed by atoms with Crippen molar-refractivity contribution in [1.29, 1.82) is 0 Å². The average Bonchev–Trinajstić information content (AvgIpc) is 3.27. The molecule has 0 amide bonds. The summed E-state index contributed by atoms with van der Waals surface area (Å²) in [6.07, 6.45) is -0.533. The Balaban J connectivity index is 1.26. The van der Waals surface area contributed by atoms with Gasteiger partial charge in [-0.2, -0.15) is 0 Å². The van der Waals surface area contributed by atoms with E-state index in [-0.39, 0.29) is 29.3 Å². The molecule has 5 aliphatic rings. The third-order valence-electron chi connectivity index (χ3n) is 12.4. The quantitative estimate of drug-likeness (QED) is 0.250. The van der Waals surface area contributed by atoms with Crippen LogP contribution in [-0.2, 0) is 19.1 Å². The first kappa shape index (κ1) is 30.2. The highest BCUT2D eigenvalue weighted by Crippen LogP contribution is 2.68. The largest absolute Gasteiger partial charge is 0.481 e. The third kappa shape index (κ3) is 4.90. The van der Waals surface area contributed by atoms with Gasteiger partial charge < -0.3 is 40.1 Å². The first-order valence-corrected chi connectivity index (χ1v) is 15.3. The van der Waals surface area contributed by atoms with Crippen LogP contribution >= 0.6 is 0 Å². The maximum Gasteiger partial charge on any atom is 0.335 e. The molecule has 40 heavy (non-hydrogen) atoms. The van der Waals surface area contributed by atoms with Gasteiger partial charge in [-0.1, -0.05) is 20.8 Å². The van der Waals surface area contributed by atoms with E-state index in [1.54, 1.807) is 0 Å². The zero-order valence-corrected chi connectivity index (χ0v) is 23.9. The average molecular weight is 569 g/mol. The van der Waals surface area contributed by atoms with Crippen LogP contribution in [0.3, 0.4) is 0 Å². The van der Waals surface area contributed by atoms with Crippen molar-refractivity contribution in [1.82, 2.24) is 0 Å². The second kappa shape index (κ2) is 11.1. The predicted molar refractivity (Wildman–Crippen MR) is 142 cm³/mol. The summed E-state index contributed by atoms with van der Waals surface area (Å²) >= 11 is 0. The van der Waals surface area contributed by atoms with Crippen molar-refractivity contribution in [3.05, 3.63) is 0 Å². The summed E-state index contributed by atoms with van der Waals surface area (Å²) in [5, 5.41) is 60.9. The minimum atomic E-state index is -1.74. The van der Waals surface area contributed by atoms with E-state index < -0.39 is 48.7 Å². The van der Waals surface area contributed by atoms with E-state index >= 15 is 0 Å². The Morgan fingerprint density at radius 2 is 1.65 bits per heavy atom. The Morgan fingerprint density at radius 3 is 2.33 bits per heavy atom. The monoisotopic (exact) mass is 568 g/mol. The number of aliphatic hydroxyl groups is 4. The van der Waals surface area contributed by atoms with Crippen molar-refractivity contribution >= 4 is 11.9 Å². The lowest BCUT2D eigenvalue weighted by molar-refractivity contribution is -0.310. The topological polar surface area (TPSA) is 174 Å². The van der Waals surface area contributed by atoms with E-state index in [0.717, 1.165) is 44.9 Å². The third-order valence-corrected chi connectivity index (χ3v) is 12.4. The van der Waals surface area contributed by atoms with Gasteiger partial charge in [-0.25, -0.2) is 4.79 Å². The summed E-state index contributed by atoms with van der Waals surface area (Å²) in [7, 11) is 0. The number of carbonyl (C=O) groups is 2. The van der Waals surface area contributed by atoms with E-state index in [1.807, 2.05) is 0 Å². The minimum Gasteiger partial charge on any atom is -0.481 e. The van der Waals surface area contributed by atoms with Gasteiger partial charge in [0.25, 0.3) is 0 Å². The van der Waals surface area contributed by atoms with E-state index in [1.165, 1.54) is 0 Å². The molecule has 5 fully saturated rings. The smallest absolute Gasteiger partial charge is 0.335 e. The van der Waals surface area contributed by atoms with Crippen LogP contribution in [0.15, 0.2) is 0 Å². The van der Waals surface area contributed by atoms with Crippen LogP contribution in [0, 0.1) is 46.3 Å². The van der Waals surface area contributed by atoms with Crippen LogP contribution < -0.4 is 0 Å². The Bertz CT molecular complexity index is 959. The molecule has 0 aromatic heterocycles. The van der Waals surface area contributed by atoms with Gasteiger partial charge in [0.05, 0.1) is 12.2 Å². The molecule has 15 atom stereocenters. The van der Waals surface area contributed by atoms with Gasteiger partial charge in [-0.15, -0.1) is 0 Å². The van der Waals surface area contributed by atoms with E-state index in [4.69, 9.17) is 9.47 Å². The molecule has 1 saturated heterocycles. The summed E-state index contributed by atoms with van der Waals surface area (Å²) in [4.78, 5) is 22.7. The van der Waals surface area contributed by atoms with Crippen LogP contribution in [-0.4, -0.2) is 85.5 Å². The van der Waals surface area contributed by atoms with Gasteiger partial charge in [-0.05, 0) is 104 Å². The molecule has 0 unspecified atom stereocenters. The van der Waals surface area contributed by atoms with Crippen LogP contribution in [0.1, 0.15) is 85.0 Å². The molecule has 0 bridgehead atoms. The van der Waals surface area contributed by atoms with Crippen molar-refractivity contribution in [2.24, 2.45) is 46.3 Å². The fourth-order valence-corrected chi connectivity index (χ4v) is 10.2. The molecule has 0 aromatic rings. The standard InChI is InChI=1S/C30H48O10/c1-14(4-9-22(32)33)18-7-8-19-17-6-5-15-12-16(10-11-29(15,2)20(17)13-21(31)30(18,19)3)39-28-25(36)23(34)24(35)26(40-28)27(37)38/h14-21,23-26,28,31,34-36H,4-13H2,1-3H3,(H,32,33)(H,37,38)/t14-,15-,16-,17+,18-,19+,20+,21+,23+,24+,25-,26+,28-,29+,30-/m1/s1. The second-order valence-corrected chi connectivity index (χ2v) is 14.1. The SMILES string of the molecule is C[C@H](CCC(=O)O)[C@H]1CC[C@H]2[C@@H]3CC[C@@H]4C[C@H](O[C@@H]5O[C@H](C(=O)O)[C@@H](O)[C@H](O)[C@H]5O)CC[C@]4(C)[C@H]3C[C@H](O)[C@]12C. The first-order valence-electron chi connectivity index (χ1n) is 15.3. The Labute approximate surface area is 236 Å². The number of aliphatic carboxylic acids is 2. The molecular weight excluding hydrogens is 520 g/mol. The van der Waals surface area contributed by atoms with Gasteiger partial charge in [-0.3, -0.25) is 4.79 Å². The highest BCUT2D eigenvalue weighted by molar-refractivity contribution is 5.73. The molecule has 1 aliphatic heterocycles. The number of rotatable bonds is 7. The lowest BCUT2D eigenvalue weighted by Gasteiger charge is -2.62. The molecular formula is C30H48O10. The number of carboxylic acids is 2. The van der Waals surface area contributed by atoms with Crippen LogP contribution in [0.5, 0.6) is 0 Å². The van der Waals surface area contributed by atoms with Crippen molar-refractivity contribution in [2.75, 3.05) is 0 Å². The van der Waals surface area contributed by atoms with Crippen molar-refractivity contribution in [3.8, 4) is 0 Å². The maximum absolute atomic E-state index is 11.7. The van der Waals surface area contributed by atoms with E-state index in [0.29, 0.717) is 42.4 Å². The van der Waals surface area contributed by atoms with Gasteiger partial charge in [0, 0.05) is 6.42 Å². The molecule has 10 heteroatoms. The Hall–Kier alpha value is -1.30. The summed E-state index contributed by atoms with van der Waals surface area (Å²) in [6, 6.07) is 0. The highest BCUT2D eigenvalue weighted by atomic mass is 16.7. The van der Waals surface area contributed by atoms with Crippen LogP contribution in [0.2, 0.25) is 0 Å². The molecule has 1 heterocycles. The van der Waals surface area contributed by atoms with Crippen molar-refractivity contribution in [2.45, 2.75) is 128 Å². The number of carboxylic acid groups (broad SMARTS) is 2. The lowest BCUT2D eigenvalue weighted by atomic mass is 9.43. The predicted octanol–water partition coefficient (Wildman–Crippen LogP) is 2.39. The van der Waals surface area contributed by atoms with Crippen LogP contribution in [0.25, 0.3) is 0 Å². The number of aliphatic hydroxyl groups excluding tert-OH is 4. The van der Waals surface area contributed by atoms with Gasteiger partial charge >= 0.3 is 11.9 Å². The molecule has 0 spiro atoms. The van der Waals surface area contributed by atoms with Crippen molar-refractivity contribution < 1.29 is 49.7 Å². The maximum atomic E-state index is 11.7. The number of fused-ring (bicyclic) bond motifs is 5. The Morgan fingerprint density at radius 1 is 0.925 bits per heavy atom. The number of hydrogen-bond acceptors (Lipinski definition) is 8. The molecule has 4 aliphatic carbocycles. The summed E-state index contributed by atoms with van der Waals surface area (Å²) in [6.45, 7) is 6.78. The lowest BCUT2D eigenvalue weighted by Crippen LogP contribution is -2.61. The molecule has 5 rings (SSSR count). The first-order chi connectivity index (χ1) is 18.8. The fraction of sp³-hybridized carbons (Fsp3) is 0.933. The molecule has 10 nitrogen and oxygen atoms in total. The fourth-order valence-electron chi connectivity index (χ4n) is 10.2. The van der Waals surface area contributed by atoms with Gasteiger partial charge in [0.2, 0.25) is 0 Å². The molecule has 228 valence electrons. The molecule has 0 aromatic carbocycles. The number of ether oxygens (including phenoxy) is 2. The molecule has 4 saturated carbocycles. The number of hydrogen-bond donors (Lipinski definition) is 6. The minimum absolute atomic E-state index is 0.0312. The summed E-state index contributed by atoms with van der Waals surface area (Å²) < 4.78 is 11.4. The zero-order valence-electron chi connectivity index (χ0n) is 23.9. The summed E-state index contributed by atoms with van der Waals surface area (Å²) in [5.74, 6) is 0.0941. The second-order valence-electron chi connectivity index (χ2n) is 14.1. The van der Waals surface area contributed by atoms with Gasteiger partial charge in [0.1, 0.15) is 18.3 Å². The van der Waals surface area contributed by atoms with Crippen LogP contribution in [0.4, 0.5) is 0 Å². The van der Waals surface area contributed by atoms with E-state index in [9.17, 15) is 40.2 Å². The molecule has 0 radical (unpaired) electrons. The van der Waals surface area contributed by atoms with Crippen molar-refractivity contribution in [3.63, 3.8) is 0 Å². The zero-order chi connectivity index (χ0) is 29.1. The summed E-state index contributed by atoms with van der Waals surface area (Å²) in [5.41, 5.74) is -0.160. The highest BCUT2D eigenvalue weighted by Gasteiger charge is 2.64. The Kier molecular flexibility index (Phi) is 8.36.